The SMILES string of the molecule is CC(C)CCCCNCO. The molecule has 0 bridgehead atoms. The normalized spacial score (nSPS) is 10.8. The van der Waals surface area contributed by atoms with E-state index in [0.717, 1.165) is 12.5 Å². The Labute approximate surface area is 63.6 Å². The summed E-state index contributed by atoms with van der Waals surface area (Å²) in [5.74, 6) is 0.814. The zero-order chi connectivity index (χ0) is 7.82. The maximum absolute atomic E-state index is 8.36. The Bertz CT molecular complexity index is 64.3. The van der Waals surface area contributed by atoms with E-state index in [1.807, 2.05) is 0 Å². The molecule has 2 heteroatoms. The second-order valence-corrected chi connectivity index (χ2v) is 3.05. The molecule has 0 aromatic carbocycles. The quantitative estimate of drug-likeness (QED) is 0.437. The van der Waals surface area contributed by atoms with Crippen molar-refractivity contribution in [1.29, 1.82) is 0 Å². The zero-order valence-corrected chi connectivity index (χ0v) is 7.06. The molecule has 2 N–H and O–H groups in total. The number of rotatable bonds is 6. The minimum atomic E-state index is 0.113. The summed E-state index contributed by atoms with van der Waals surface area (Å²) in [6.45, 7) is 5.53. The highest BCUT2D eigenvalue weighted by Crippen LogP contribution is 2.04. The van der Waals surface area contributed by atoms with Gasteiger partial charge in [0.1, 0.15) is 0 Å². The van der Waals surface area contributed by atoms with Crippen LogP contribution in [0.1, 0.15) is 33.1 Å². The zero-order valence-electron chi connectivity index (χ0n) is 7.06. The first kappa shape index (κ1) is 9.92. The summed E-state index contributed by atoms with van der Waals surface area (Å²) in [6, 6.07) is 0. The van der Waals surface area contributed by atoms with Crippen molar-refractivity contribution in [1.82, 2.24) is 5.32 Å². The van der Waals surface area contributed by atoms with Crippen molar-refractivity contribution in [3.05, 3.63) is 0 Å². The fraction of sp³-hybridized carbons (Fsp3) is 1.00. The summed E-state index contributed by atoms with van der Waals surface area (Å²) in [7, 11) is 0. The fourth-order valence-electron chi connectivity index (χ4n) is 0.882. The topological polar surface area (TPSA) is 32.3 Å². The minimum absolute atomic E-state index is 0.113. The number of aliphatic hydroxyl groups is 1. The minimum Gasteiger partial charge on any atom is -0.381 e. The lowest BCUT2D eigenvalue weighted by Crippen LogP contribution is -2.15. The van der Waals surface area contributed by atoms with E-state index in [1.165, 1.54) is 19.3 Å². The Hall–Kier alpha value is -0.0800. The van der Waals surface area contributed by atoms with Crippen molar-refractivity contribution in [2.45, 2.75) is 33.1 Å². The van der Waals surface area contributed by atoms with E-state index in [1.54, 1.807) is 0 Å². The van der Waals surface area contributed by atoms with Gasteiger partial charge in [0, 0.05) is 0 Å². The van der Waals surface area contributed by atoms with Gasteiger partial charge in [0.25, 0.3) is 0 Å². The standard InChI is InChI=1S/C8H19NO/c1-8(2)5-3-4-6-9-7-10/h8-10H,3-7H2,1-2H3. The van der Waals surface area contributed by atoms with Crippen LogP contribution < -0.4 is 5.32 Å². The molecule has 0 heterocycles. The Balaban J connectivity index is 2.77. The summed E-state index contributed by atoms with van der Waals surface area (Å²) < 4.78 is 0. The highest BCUT2D eigenvalue weighted by Gasteiger charge is 1.92. The van der Waals surface area contributed by atoms with Crippen LogP contribution >= 0.6 is 0 Å². The third kappa shape index (κ3) is 7.92. The second-order valence-electron chi connectivity index (χ2n) is 3.05. The molecule has 0 atom stereocenters. The molecule has 0 aliphatic heterocycles. The van der Waals surface area contributed by atoms with Gasteiger partial charge in [0.05, 0.1) is 6.73 Å². The lowest BCUT2D eigenvalue weighted by molar-refractivity contribution is 0.259. The average Bonchev–Trinajstić information content (AvgIpc) is 1.87. The molecular formula is C8H19NO. The van der Waals surface area contributed by atoms with Gasteiger partial charge >= 0.3 is 0 Å². The Morgan fingerprint density at radius 2 is 2.00 bits per heavy atom. The predicted molar refractivity (Wildman–Crippen MR) is 43.8 cm³/mol. The molecule has 0 fully saturated rings. The van der Waals surface area contributed by atoms with Gasteiger partial charge in [-0.1, -0.05) is 26.7 Å². The summed E-state index contributed by atoms with van der Waals surface area (Å²) in [5.41, 5.74) is 0. The highest BCUT2D eigenvalue weighted by atomic mass is 16.3. The van der Waals surface area contributed by atoms with Crippen molar-refractivity contribution >= 4 is 0 Å². The van der Waals surface area contributed by atoms with Crippen LogP contribution in [0.3, 0.4) is 0 Å². The lowest BCUT2D eigenvalue weighted by atomic mass is 10.1. The monoisotopic (exact) mass is 145 g/mol. The molecule has 0 unspecified atom stereocenters. The number of nitrogens with one attached hydrogen (secondary N) is 1. The molecule has 0 aromatic rings. The summed E-state index contributed by atoms with van der Waals surface area (Å²) in [4.78, 5) is 0. The molecule has 2 nitrogen and oxygen atoms in total. The van der Waals surface area contributed by atoms with Gasteiger partial charge in [-0.3, -0.25) is 5.32 Å². The Kier molecular flexibility index (Phi) is 6.98. The van der Waals surface area contributed by atoms with Crippen LogP contribution in [-0.4, -0.2) is 18.4 Å². The van der Waals surface area contributed by atoms with Crippen LogP contribution in [0.5, 0.6) is 0 Å². The average molecular weight is 145 g/mol. The number of hydrogen-bond acceptors (Lipinski definition) is 2. The van der Waals surface area contributed by atoms with Crippen molar-refractivity contribution in [2.75, 3.05) is 13.3 Å². The van der Waals surface area contributed by atoms with Crippen LogP contribution in [0.25, 0.3) is 0 Å². The molecule has 0 aromatic heterocycles. The number of aliphatic hydroxyl groups excluding tert-OH is 1. The van der Waals surface area contributed by atoms with E-state index in [-0.39, 0.29) is 6.73 Å². The maximum atomic E-state index is 8.36. The fourth-order valence-corrected chi connectivity index (χ4v) is 0.882. The summed E-state index contributed by atoms with van der Waals surface area (Å²) >= 11 is 0. The molecule has 0 saturated carbocycles. The number of unbranched alkanes of at least 4 members (excludes halogenated alkanes) is 1. The van der Waals surface area contributed by atoms with Crippen molar-refractivity contribution in [3.63, 3.8) is 0 Å². The first-order valence-corrected chi connectivity index (χ1v) is 4.09. The molecule has 0 radical (unpaired) electrons. The van der Waals surface area contributed by atoms with Gasteiger partial charge in [-0.25, -0.2) is 0 Å². The highest BCUT2D eigenvalue weighted by molar-refractivity contribution is 4.47. The molecule has 0 aliphatic carbocycles. The number of hydrogen-bond donors (Lipinski definition) is 2. The van der Waals surface area contributed by atoms with Gasteiger partial charge in [0.2, 0.25) is 0 Å². The van der Waals surface area contributed by atoms with Gasteiger partial charge < -0.3 is 5.11 Å². The molecular weight excluding hydrogens is 126 g/mol. The van der Waals surface area contributed by atoms with Crippen LogP contribution in [0.15, 0.2) is 0 Å². The third-order valence-corrected chi connectivity index (χ3v) is 1.50. The van der Waals surface area contributed by atoms with E-state index in [0.29, 0.717) is 0 Å². The molecule has 0 saturated heterocycles. The third-order valence-electron chi connectivity index (χ3n) is 1.50. The second kappa shape index (κ2) is 7.03. The van der Waals surface area contributed by atoms with Gasteiger partial charge in [-0.15, -0.1) is 0 Å². The van der Waals surface area contributed by atoms with Gasteiger partial charge in [0.15, 0.2) is 0 Å². The Morgan fingerprint density at radius 3 is 2.50 bits per heavy atom. The van der Waals surface area contributed by atoms with Crippen LogP contribution in [0.2, 0.25) is 0 Å². The van der Waals surface area contributed by atoms with E-state index >= 15 is 0 Å². The first-order chi connectivity index (χ1) is 4.77. The van der Waals surface area contributed by atoms with Crippen LogP contribution in [-0.2, 0) is 0 Å². The molecule has 0 amide bonds. The molecule has 62 valence electrons. The van der Waals surface area contributed by atoms with Gasteiger partial charge in [-0.05, 0) is 18.9 Å². The Morgan fingerprint density at radius 1 is 1.30 bits per heavy atom. The largest absolute Gasteiger partial charge is 0.381 e. The van der Waals surface area contributed by atoms with E-state index in [4.69, 9.17) is 5.11 Å². The van der Waals surface area contributed by atoms with Crippen LogP contribution in [0.4, 0.5) is 0 Å². The van der Waals surface area contributed by atoms with E-state index < -0.39 is 0 Å². The molecule has 10 heavy (non-hydrogen) atoms. The predicted octanol–water partition coefficient (Wildman–Crippen LogP) is 1.35. The maximum Gasteiger partial charge on any atom is 0.0931 e. The molecule has 0 aliphatic rings. The van der Waals surface area contributed by atoms with E-state index in [9.17, 15) is 0 Å². The van der Waals surface area contributed by atoms with Crippen molar-refractivity contribution < 1.29 is 5.11 Å². The summed E-state index contributed by atoms with van der Waals surface area (Å²) in [5, 5.41) is 11.2. The van der Waals surface area contributed by atoms with Gasteiger partial charge in [-0.2, -0.15) is 0 Å². The lowest BCUT2D eigenvalue weighted by Gasteiger charge is -2.03. The van der Waals surface area contributed by atoms with Crippen molar-refractivity contribution in [2.24, 2.45) is 5.92 Å². The first-order valence-electron chi connectivity index (χ1n) is 4.09. The van der Waals surface area contributed by atoms with Crippen molar-refractivity contribution in [3.8, 4) is 0 Å². The molecule has 0 rings (SSSR count). The van der Waals surface area contributed by atoms with E-state index in [2.05, 4.69) is 19.2 Å². The smallest absolute Gasteiger partial charge is 0.0931 e. The molecule has 0 spiro atoms. The van der Waals surface area contributed by atoms with Crippen LogP contribution in [0, 0.1) is 5.92 Å². The summed E-state index contributed by atoms with van der Waals surface area (Å²) in [6.07, 6.45) is 3.75.